The molecule has 3 N–H and O–H groups in total. The van der Waals surface area contributed by atoms with Crippen LogP contribution in [0.15, 0.2) is 29.3 Å². The molecule has 7 heteroatoms. The number of guanidine groups is 1. The Labute approximate surface area is 167 Å². The van der Waals surface area contributed by atoms with E-state index in [-0.39, 0.29) is 5.91 Å². The minimum atomic E-state index is 0.0754. The Hall–Kier alpha value is -2.28. The molecule has 0 spiro atoms. The van der Waals surface area contributed by atoms with Gasteiger partial charge in [0.05, 0.1) is 13.2 Å². The van der Waals surface area contributed by atoms with Crippen LogP contribution in [0.4, 0.5) is 0 Å². The van der Waals surface area contributed by atoms with Crippen LogP contribution in [-0.4, -0.2) is 63.1 Å². The number of amides is 1. The first-order valence-electron chi connectivity index (χ1n) is 10.3. The second-order valence-electron chi connectivity index (χ2n) is 7.66. The molecule has 154 valence electrons. The third-order valence-corrected chi connectivity index (χ3v) is 5.39. The van der Waals surface area contributed by atoms with Crippen LogP contribution in [0.3, 0.4) is 0 Å². The molecule has 0 radical (unpaired) electrons. The Morgan fingerprint density at radius 3 is 2.64 bits per heavy atom. The van der Waals surface area contributed by atoms with E-state index >= 15 is 0 Å². The number of piperidine rings is 1. The third kappa shape index (κ3) is 6.41. The zero-order chi connectivity index (χ0) is 19.8. The van der Waals surface area contributed by atoms with Crippen molar-refractivity contribution in [3.05, 3.63) is 29.8 Å². The van der Waals surface area contributed by atoms with Gasteiger partial charge in [0.25, 0.3) is 0 Å². The van der Waals surface area contributed by atoms with Crippen LogP contribution in [0.1, 0.15) is 31.2 Å². The zero-order valence-corrected chi connectivity index (χ0v) is 17.0. The highest BCUT2D eigenvalue weighted by Gasteiger charge is 2.23. The number of nitrogens with zero attached hydrogens (tertiary/aromatic N) is 2. The molecule has 1 heterocycles. The van der Waals surface area contributed by atoms with E-state index in [1.165, 1.54) is 12.8 Å². The molecule has 0 aromatic heterocycles. The van der Waals surface area contributed by atoms with Crippen molar-refractivity contribution in [2.45, 2.75) is 38.3 Å². The third-order valence-electron chi connectivity index (χ3n) is 5.39. The van der Waals surface area contributed by atoms with Crippen LogP contribution in [-0.2, 0) is 11.3 Å². The van der Waals surface area contributed by atoms with Gasteiger partial charge >= 0.3 is 0 Å². The molecule has 0 bridgehead atoms. The van der Waals surface area contributed by atoms with Gasteiger partial charge in [0.1, 0.15) is 5.75 Å². The normalized spacial score (nSPS) is 18.6. The highest BCUT2D eigenvalue weighted by molar-refractivity contribution is 5.80. The molecule has 0 unspecified atom stereocenters. The van der Waals surface area contributed by atoms with Crippen molar-refractivity contribution in [1.29, 1.82) is 0 Å². The van der Waals surface area contributed by atoms with Crippen molar-refractivity contribution >= 4 is 11.9 Å². The number of carbonyl (C=O) groups is 1. The van der Waals surface area contributed by atoms with Crippen LogP contribution < -0.4 is 20.7 Å². The molecule has 1 aromatic carbocycles. The molecule has 7 nitrogen and oxygen atoms in total. The smallest absolute Gasteiger partial charge is 0.233 e. The number of para-hydroxylation sites is 1. The summed E-state index contributed by atoms with van der Waals surface area (Å²) in [7, 11) is 3.48. The summed E-state index contributed by atoms with van der Waals surface area (Å²) in [6.45, 7) is 3.81. The summed E-state index contributed by atoms with van der Waals surface area (Å²) in [5.41, 5.74) is 1.14. The number of hydrogen-bond donors (Lipinski definition) is 3. The van der Waals surface area contributed by atoms with Gasteiger partial charge in [-0.3, -0.25) is 14.7 Å². The van der Waals surface area contributed by atoms with Crippen LogP contribution in [0.25, 0.3) is 0 Å². The van der Waals surface area contributed by atoms with Crippen molar-refractivity contribution in [1.82, 2.24) is 20.9 Å². The van der Waals surface area contributed by atoms with Gasteiger partial charge in [-0.05, 0) is 37.7 Å². The maximum absolute atomic E-state index is 11.5. The van der Waals surface area contributed by atoms with Crippen LogP contribution in [0.2, 0.25) is 0 Å². The number of nitrogens with one attached hydrogen (secondary N) is 3. The van der Waals surface area contributed by atoms with Gasteiger partial charge in [-0.15, -0.1) is 0 Å². The second-order valence-corrected chi connectivity index (χ2v) is 7.66. The molecular formula is C21H33N5O2. The first kappa shape index (κ1) is 20.5. The lowest BCUT2D eigenvalue weighted by Crippen LogP contribution is -2.49. The van der Waals surface area contributed by atoms with E-state index in [0.717, 1.165) is 55.7 Å². The highest BCUT2D eigenvalue weighted by atomic mass is 16.5. The number of hydrogen-bond acceptors (Lipinski definition) is 4. The number of carbonyl (C=O) groups excluding carboxylic acids is 1. The van der Waals surface area contributed by atoms with E-state index in [4.69, 9.17) is 4.74 Å². The summed E-state index contributed by atoms with van der Waals surface area (Å²) in [6, 6.07) is 8.57. The Balaban J connectivity index is 1.43. The fourth-order valence-electron chi connectivity index (χ4n) is 3.37. The Kier molecular flexibility index (Phi) is 7.54. The van der Waals surface area contributed by atoms with Gasteiger partial charge in [-0.2, -0.15) is 0 Å². The van der Waals surface area contributed by atoms with E-state index in [2.05, 4.69) is 31.9 Å². The Morgan fingerprint density at radius 1 is 1.21 bits per heavy atom. The van der Waals surface area contributed by atoms with E-state index in [9.17, 15) is 4.79 Å². The zero-order valence-electron chi connectivity index (χ0n) is 17.0. The fraction of sp³-hybridized carbons (Fsp3) is 0.619. The molecule has 2 aliphatic rings. The lowest BCUT2D eigenvalue weighted by atomic mass is 10.1. The molecule has 1 aliphatic carbocycles. The number of rotatable bonds is 8. The SMILES string of the molecule is CN=C(NCc1ccccc1OCC1CC1)NC1CCN(CC(=O)NC)CC1. The van der Waals surface area contributed by atoms with Crippen molar-refractivity contribution < 1.29 is 9.53 Å². The summed E-state index contributed by atoms with van der Waals surface area (Å²) < 4.78 is 5.99. The molecule has 0 atom stereocenters. The first-order chi connectivity index (χ1) is 13.7. The maximum Gasteiger partial charge on any atom is 0.233 e. The molecular weight excluding hydrogens is 354 g/mol. The summed E-state index contributed by atoms with van der Waals surface area (Å²) >= 11 is 0. The van der Waals surface area contributed by atoms with Gasteiger partial charge in [0, 0.05) is 45.3 Å². The van der Waals surface area contributed by atoms with Gasteiger partial charge in [0.15, 0.2) is 5.96 Å². The summed E-state index contributed by atoms with van der Waals surface area (Å²) in [5.74, 6) is 2.58. The number of likely N-dealkylation sites (tertiary alicyclic amines) is 1. The molecule has 1 saturated carbocycles. The predicted molar refractivity (Wildman–Crippen MR) is 112 cm³/mol. The molecule has 28 heavy (non-hydrogen) atoms. The average Bonchev–Trinajstić information content (AvgIpc) is 3.56. The van der Waals surface area contributed by atoms with Gasteiger partial charge in [-0.1, -0.05) is 18.2 Å². The standard InChI is InChI=1S/C21H33N5O2/c1-22-20(27)14-26-11-9-18(10-12-26)25-21(23-2)24-13-17-5-3-4-6-19(17)28-15-16-7-8-16/h3-6,16,18H,7-15H2,1-2H3,(H,22,27)(H2,23,24,25). The Morgan fingerprint density at radius 2 is 1.96 bits per heavy atom. The lowest BCUT2D eigenvalue weighted by molar-refractivity contribution is -0.122. The monoisotopic (exact) mass is 387 g/mol. The molecule has 1 aromatic rings. The fourth-order valence-corrected chi connectivity index (χ4v) is 3.37. The molecule has 1 saturated heterocycles. The topological polar surface area (TPSA) is 78.0 Å². The van der Waals surface area contributed by atoms with E-state index in [0.29, 0.717) is 19.1 Å². The number of aliphatic imine (C=N–C) groups is 1. The van der Waals surface area contributed by atoms with E-state index in [1.807, 2.05) is 18.2 Å². The van der Waals surface area contributed by atoms with Crippen LogP contribution in [0.5, 0.6) is 5.75 Å². The van der Waals surface area contributed by atoms with Crippen LogP contribution >= 0.6 is 0 Å². The number of likely N-dealkylation sites (N-methyl/N-ethyl adjacent to an activating group) is 1. The minimum absolute atomic E-state index is 0.0754. The van der Waals surface area contributed by atoms with Crippen molar-refractivity contribution in [3.8, 4) is 5.75 Å². The van der Waals surface area contributed by atoms with Gasteiger partial charge in [0.2, 0.25) is 5.91 Å². The van der Waals surface area contributed by atoms with Gasteiger partial charge < -0.3 is 20.7 Å². The summed E-state index contributed by atoms with van der Waals surface area (Å²) in [5, 5.41) is 9.61. The second kappa shape index (κ2) is 10.3. The van der Waals surface area contributed by atoms with Gasteiger partial charge in [-0.25, -0.2) is 0 Å². The molecule has 2 fully saturated rings. The largest absolute Gasteiger partial charge is 0.493 e. The molecule has 3 rings (SSSR count). The van der Waals surface area contributed by atoms with Crippen molar-refractivity contribution in [3.63, 3.8) is 0 Å². The quantitative estimate of drug-likeness (QED) is 0.464. The molecule has 1 aliphatic heterocycles. The van der Waals surface area contributed by atoms with Crippen LogP contribution in [0, 0.1) is 5.92 Å². The van der Waals surface area contributed by atoms with E-state index in [1.54, 1.807) is 14.1 Å². The first-order valence-corrected chi connectivity index (χ1v) is 10.3. The van der Waals surface area contributed by atoms with E-state index < -0.39 is 0 Å². The minimum Gasteiger partial charge on any atom is -0.493 e. The molecule has 1 amide bonds. The lowest BCUT2D eigenvalue weighted by Gasteiger charge is -2.32. The number of benzene rings is 1. The average molecular weight is 388 g/mol. The predicted octanol–water partition coefficient (Wildman–Crippen LogP) is 1.35. The highest BCUT2D eigenvalue weighted by Crippen LogP contribution is 2.30. The summed E-state index contributed by atoms with van der Waals surface area (Å²) in [6.07, 6.45) is 4.58. The van der Waals surface area contributed by atoms with Crippen molar-refractivity contribution in [2.24, 2.45) is 10.9 Å². The number of ether oxygens (including phenoxy) is 1. The summed E-state index contributed by atoms with van der Waals surface area (Å²) in [4.78, 5) is 18.1. The van der Waals surface area contributed by atoms with Crippen molar-refractivity contribution in [2.75, 3.05) is 40.3 Å². The Bertz CT molecular complexity index is 667. The maximum atomic E-state index is 11.5.